The third kappa shape index (κ3) is 6.83. The van der Waals surface area contributed by atoms with Gasteiger partial charge in [-0.1, -0.05) is 0 Å². The molecular weight excluding hydrogens is 352 g/mol. The monoisotopic (exact) mass is 379 g/mol. The minimum atomic E-state index is -0.201. The topological polar surface area (TPSA) is 44.4 Å². The molecular formula is C17H28Cl2FN3O. The van der Waals surface area contributed by atoms with Crippen molar-refractivity contribution >= 4 is 36.4 Å². The van der Waals surface area contributed by atoms with E-state index in [0.29, 0.717) is 6.42 Å². The maximum absolute atomic E-state index is 13.2. The van der Waals surface area contributed by atoms with Gasteiger partial charge in [-0.15, -0.1) is 24.8 Å². The predicted molar refractivity (Wildman–Crippen MR) is 102 cm³/mol. The summed E-state index contributed by atoms with van der Waals surface area (Å²) < 4.78 is 13.2. The molecule has 4 nitrogen and oxygen atoms in total. The number of piperidine rings is 1. The molecule has 0 aromatic heterocycles. The van der Waals surface area contributed by atoms with Gasteiger partial charge in [-0.25, -0.2) is 4.39 Å². The zero-order chi connectivity index (χ0) is 15.9. The second kappa shape index (κ2) is 11.5. The first-order valence-electron chi connectivity index (χ1n) is 8.05. The molecule has 1 atom stereocenters. The van der Waals surface area contributed by atoms with E-state index < -0.39 is 0 Å². The third-order valence-corrected chi connectivity index (χ3v) is 4.12. The molecule has 1 saturated heterocycles. The number of nitrogens with one attached hydrogen (secondary N) is 2. The summed E-state index contributed by atoms with van der Waals surface area (Å²) in [5.74, 6) is -0.0782. The molecule has 1 aliphatic rings. The molecule has 2 N–H and O–H groups in total. The van der Waals surface area contributed by atoms with Crippen LogP contribution in [0.5, 0.6) is 0 Å². The first-order chi connectivity index (χ1) is 10.6. The Morgan fingerprint density at radius 2 is 2.12 bits per heavy atom. The lowest BCUT2D eigenvalue weighted by molar-refractivity contribution is -0.121. The summed E-state index contributed by atoms with van der Waals surface area (Å²) in [5, 5.41) is 6.17. The van der Waals surface area contributed by atoms with E-state index in [-0.39, 0.29) is 42.6 Å². The SMILES string of the molecule is CNCCCC(=O)NC1CCCN(c2ccc(F)cc2C)C1.Cl.Cl. The highest BCUT2D eigenvalue weighted by molar-refractivity contribution is 5.85. The summed E-state index contributed by atoms with van der Waals surface area (Å²) in [4.78, 5) is 14.2. The van der Waals surface area contributed by atoms with Crippen molar-refractivity contribution in [3.8, 4) is 0 Å². The summed E-state index contributed by atoms with van der Waals surface area (Å²) >= 11 is 0. The molecule has 0 radical (unpaired) electrons. The Bertz CT molecular complexity index is 517. The van der Waals surface area contributed by atoms with E-state index >= 15 is 0 Å². The van der Waals surface area contributed by atoms with Gasteiger partial charge >= 0.3 is 0 Å². The van der Waals surface area contributed by atoms with E-state index in [1.54, 1.807) is 6.07 Å². The third-order valence-electron chi connectivity index (χ3n) is 4.12. The largest absolute Gasteiger partial charge is 0.369 e. The lowest BCUT2D eigenvalue weighted by Gasteiger charge is -2.35. The number of anilines is 1. The number of hydrogen-bond donors (Lipinski definition) is 2. The Morgan fingerprint density at radius 3 is 2.79 bits per heavy atom. The molecule has 24 heavy (non-hydrogen) atoms. The van der Waals surface area contributed by atoms with Crippen molar-refractivity contribution < 1.29 is 9.18 Å². The van der Waals surface area contributed by atoms with Crippen molar-refractivity contribution in [1.29, 1.82) is 0 Å². The molecule has 1 heterocycles. The molecule has 1 aromatic rings. The summed E-state index contributed by atoms with van der Waals surface area (Å²) in [5.41, 5.74) is 2.01. The zero-order valence-corrected chi connectivity index (χ0v) is 15.9. The van der Waals surface area contributed by atoms with Gasteiger partial charge in [-0.2, -0.15) is 0 Å². The van der Waals surface area contributed by atoms with Crippen LogP contribution in [0.1, 0.15) is 31.2 Å². The number of rotatable bonds is 6. The van der Waals surface area contributed by atoms with Crippen LogP contribution in [0.4, 0.5) is 10.1 Å². The Balaban J connectivity index is 0.00000264. The van der Waals surface area contributed by atoms with Gasteiger partial charge in [0.15, 0.2) is 0 Å². The van der Waals surface area contributed by atoms with Crippen molar-refractivity contribution in [3.63, 3.8) is 0 Å². The standard InChI is InChI=1S/C17H26FN3O.2ClH/c1-13-11-14(18)7-8-16(13)21-10-4-5-15(12-21)20-17(22)6-3-9-19-2;;/h7-8,11,15,19H,3-6,9-10,12H2,1-2H3,(H,20,22);2*1H. The molecule has 1 aromatic carbocycles. The van der Waals surface area contributed by atoms with Gasteiger partial charge in [0.1, 0.15) is 5.82 Å². The Morgan fingerprint density at radius 1 is 1.38 bits per heavy atom. The van der Waals surface area contributed by atoms with Crippen LogP contribution < -0.4 is 15.5 Å². The van der Waals surface area contributed by atoms with Gasteiger partial charge in [0.25, 0.3) is 0 Å². The Kier molecular flexibility index (Phi) is 11.0. The van der Waals surface area contributed by atoms with Crippen molar-refractivity contribution in [2.45, 2.75) is 38.6 Å². The first-order valence-corrected chi connectivity index (χ1v) is 8.05. The van der Waals surface area contributed by atoms with Crippen LogP contribution in [0, 0.1) is 12.7 Å². The van der Waals surface area contributed by atoms with Crippen LogP contribution >= 0.6 is 24.8 Å². The summed E-state index contributed by atoms with van der Waals surface area (Å²) in [6, 6.07) is 5.08. The van der Waals surface area contributed by atoms with Gasteiger partial charge in [0.05, 0.1) is 0 Å². The number of amides is 1. The van der Waals surface area contributed by atoms with Gasteiger partial charge in [0.2, 0.25) is 5.91 Å². The zero-order valence-electron chi connectivity index (χ0n) is 14.3. The number of aryl methyl sites for hydroxylation is 1. The van der Waals surface area contributed by atoms with E-state index in [4.69, 9.17) is 0 Å². The molecule has 7 heteroatoms. The van der Waals surface area contributed by atoms with Crippen molar-refractivity contribution in [2.75, 3.05) is 31.6 Å². The summed E-state index contributed by atoms with van der Waals surface area (Å²) in [7, 11) is 1.89. The lowest BCUT2D eigenvalue weighted by Crippen LogP contribution is -2.48. The van der Waals surface area contributed by atoms with Gasteiger partial charge in [-0.3, -0.25) is 4.79 Å². The fourth-order valence-corrected chi connectivity index (χ4v) is 3.01. The van der Waals surface area contributed by atoms with Gasteiger partial charge < -0.3 is 15.5 Å². The van der Waals surface area contributed by atoms with Crippen LogP contribution in [0.3, 0.4) is 0 Å². The molecule has 138 valence electrons. The second-order valence-corrected chi connectivity index (χ2v) is 5.99. The highest BCUT2D eigenvalue weighted by Crippen LogP contribution is 2.24. The predicted octanol–water partition coefficient (Wildman–Crippen LogP) is 3.06. The van der Waals surface area contributed by atoms with E-state index in [1.165, 1.54) is 6.07 Å². The average Bonchev–Trinajstić information content (AvgIpc) is 2.47. The van der Waals surface area contributed by atoms with Crippen LogP contribution in [0.2, 0.25) is 0 Å². The molecule has 0 spiro atoms. The molecule has 1 aliphatic heterocycles. The summed E-state index contributed by atoms with van der Waals surface area (Å²) in [6.45, 7) is 4.54. The lowest BCUT2D eigenvalue weighted by atomic mass is 10.0. The molecule has 2 rings (SSSR count). The van der Waals surface area contributed by atoms with Crippen LogP contribution in [-0.4, -0.2) is 38.6 Å². The van der Waals surface area contributed by atoms with Gasteiger partial charge in [-0.05, 0) is 63.5 Å². The fraction of sp³-hybridized carbons (Fsp3) is 0.588. The molecule has 0 saturated carbocycles. The van der Waals surface area contributed by atoms with Crippen LogP contribution in [0.15, 0.2) is 18.2 Å². The molecule has 1 unspecified atom stereocenters. The molecule has 0 aliphatic carbocycles. The van der Waals surface area contributed by atoms with Crippen LogP contribution in [-0.2, 0) is 4.79 Å². The minimum absolute atomic E-state index is 0. The number of carbonyl (C=O) groups excluding carboxylic acids is 1. The van der Waals surface area contributed by atoms with Gasteiger partial charge in [0, 0.05) is 31.2 Å². The minimum Gasteiger partial charge on any atom is -0.369 e. The number of hydrogen-bond acceptors (Lipinski definition) is 3. The average molecular weight is 380 g/mol. The van der Waals surface area contributed by atoms with Crippen molar-refractivity contribution in [3.05, 3.63) is 29.6 Å². The summed E-state index contributed by atoms with van der Waals surface area (Å²) in [6.07, 6.45) is 3.47. The van der Waals surface area contributed by atoms with E-state index in [1.807, 2.05) is 20.0 Å². The molecule has 1 fully saturated rings. The van der Waals surface area contributed by atoms with Crippen molar-refractivity contribution in [2.24, 2.45) is 0 Å². The maximum Gasteiger partial charge on any atom is 0.220 e. The number of halogens is 3. The van der Waals surface area contributed by atoms with E-state index in [0.717, 1.165) is 50.1 Å². The number of carbonyl (C=O) groups is 1. The second-order valence-electron chi connectivity index (χ2n) is 5.99. The highest BCUT2D eigenvalue weighted by Gasteiger charge is 2.22. The quantitative estimate of drug-likeness (QED) is 0.746. The molecule has 0 bridgehead atoms. The number of benzene rings is 1. The Labute approximate surface area is 156 Å². The smallest absolute Gasteiger partial charge is 0.220 e. The Hall–Kier alpha value is -1.04. The van der Waals surface area contributed by atoms with E-state index in [9.17, 15) is 9.18 Å². The van der Waals surface area contributed by atoms with Crippen molar-refractivity contribution in [1.82, 2.24) is 10.6 Å². The molecule has 1 amide bonds. The number of nitrogens with zero attached hydrogens (tertiary/aromatic N) is 1. The first kappa shape index (κ1) is 23.0. The van der Waals surface area contributed by atoms with Crippen LogP contribution in [0.25, 0.3) is 0 Å². The fourth-order valence-electron chi connectivity index (χ4n) is 3.01. The van der Waals surface area contributed by atoms with E-state index in [2.05, 4.69) is 15.5 Å². The maximum atomic E-state index is 13.2. The normalized spacial score (nSPS) is 16.8. The highest BCUT2D eigenvalue weighted by atomic mass is 35.5.